The SMILES string of the molecule is CCN1C(=O)C(C(C)C)Oc2cccc(N)c21. The summed E-state index contributed by atoms with van der Waals surface area (Å²) in [5.74, 6) is 0.837. The van der Waals surface area contributed by atoms with Crippen LogP contribution in [0.5, 0.6) is 5.75 Å². The van der Waals surface area contributed by atoms with E-state index in [0.29, 0.717) is 23.7 Å². The maximum Gasteiger partial charge on any atom is 0.268 e. The van der Waals surface area contributed by atoms with Gasteiger partial charge in [-0.05, 0) is 25.0 Å². The van der Waals surface area contributed by atoms with Crippen LogP contribution in [0.1, 0.15) is 20.8 Å². The second-order valence-corrected chi connectivity index (χ2v) is 4.56. The van der Waals surface area contributed by atoms with Gasteiger partial charge in [0.2, 0.25) is 0 Å². The van der Waals surface area contributed by atoms with Crippen LogP contribution < -0.4 is 15.4 Å². The minimum atomic E-state index is -0.413. The standard InChI is InChI=1S/C13H18N2O2/c1-4-15-11-9(14)6-5-7-10(11)17-12(8(2)3)13(15)16/h5-8,12H,4,14H2,1-3H3. The van der Waals surface area contributed by atoms with Gasteiger partial charge in [0, 0.05) is 6.54 Å². The van der Waals surface area contributed by atoms with Crippen LogP contribution >= 0.6 is 0 Å². The monoisotopic (exact) mass is 234 g/mol. The maximum absolute atomic E-state index is 12.3. The molecule has 4 heteroatoms. The molecule has 2 rings (SSSR count). The molecule has 1 amide bonds. The van der Waals surface area contributed by atoms with E-state index in [0.717, 1.165) is 0 Å². The lowest BCUT2D eigenvalue weighted by molar-refractivity contribution is -0.128. The number of para-hydroxylation sites is 1. The van der Waals surface area contributed by atoms with Crippen LogP contribution in [-0.2, 0) is 4.79 Å². The van der Waals surface area contributed by atoms with Crippen molar-refractivity contribution in [3.63, 3.8) is 0 Å². The molecule has 0 bridgehead atoms. The van der Waals surface area contributed by atoms with Gasteiger partial charge in [-0.2, -0.15) is 0 Å². The smallest absolute Gasteiger partial charge is 0.268 e. The molecule has 0 radical (unpaired) electrons. The zero-order valence-corrected chi connectivity index (χ0v) is 10.4. The van der Waals surface area contributed by atoms with E-state index in [1.807, 2.05) is 32.9 Å². The van der Waals surface area contributed by atoms with E-state index in [-0.39, 0.29) is 11.8 Å². The number of amides is 1. The molecule has 92 valence electrons. The van der Waals surface area contributed by atoms with Crippen molar-refractivity contribution in [3.05, 3.63) is 18.2 Å². The van der Waals surface area contributed by atoms with E-state index in [2.05, 4.69) is 0 Å². The van der Waals surface area contributed by atoms with E-state index in [1.54, 1.807) is 11.0 Å². The topological polar surface area (TPSA) is 55.6 Å². The summed E-state index contributed by atoms with van der Waals surface area (Å²) < 4.78 is 5.75. The number of ether oxygens (including phenoxy) is 1. The fourth-order valence-electron chi connectivity index (χ4n) is 2.11. The number of rotatable bonds is 2. The number of hydrogen-bond acceptors (Lipinski definition) is 3. The molecule has 1 heterocycles. The van der Waals surface area contributed by atoms with Gasteiger partial charge in [0.25, 0.3) is 5.91 Å². The number of carbonyl (C=O) groups excluding carboxylic acids is 1. The predicted octanol–water partition coefficient (Wildman–Crippen LogP) is 2.04. The van der Waals surface area contributed by atoms with Crippen LogP contribution in [0.4, 0.5) is 11.4 Å². The highest BCUT2D eigenvalue weighted by molar-refractivity contribution is 6.03. The summed E-state index contributed by atoms with van der Waals surface area (Å²) in [5.41, 5.74) is 7.21. The number of nitrogens with zero attached hydrogens (tertiary/aromatic N) is 1. The van der Waals surface area contributed by atoms with Crippen molar-refractivity contribution >= 4 is 17.3 Å². The number of likely N-dealkylation sites (N-methyl/N-ethyl adjacent to an activating group) is 1. The molecule has 0 saturated carbocycles. The van der Waals surface area contributed by atoms with Crippen LogP contribution in [0.3, 0.4) is 0 Å². The lowest BCUT2D eigenvalue weighted by Gasteiger charge is -2.36. The summed E-state index contributed by atoms with van der Waals surface area (Å²) in [6.45, 7) is 6.50. The van der Waals surface area contributed by atoms with Gasteiger partial charge >= 0.3 is 0 Å². The molecule has 1 atom stereocenters. The molecule has 17 heavy (non-hydrogen) atoms. The zero-order chi connectivity index (χ0) is 12.6. The Hall–Kier alpha value is -1.71. The third-order valence-electron chi connectivity index (χ3n) is 2.99. The van der Waals surface area contributed by atoms with Gasteiger partial charge in [-0.25, -0.2) is 0 Å². The van der Waals surface area contributed by atoms with Gasteiger partial charge in [0.05, 0.1) is 5.69 Å². The van der Waals surface area contributed by atoms with Gasteiger partial charge in [-0.15, -0.1) is 0 Å². The summed E-state index contributed by atoms with van der Waals surface area (Å²) in [6.07, 6.45) is -0.413. The summed E-state index contributed by atoms with van der Waals surface area (Å²) in [7, 11) is 0. The average molecular weight is 234 g/mol. The highest BCUT2D eigenvalue weighted by Gasteiger charge is 2.36. The van der Waals surface area contributed by atoms with Crippen molar-refractivity contribution in [1.29, 1.82) is 0 Å². The first-order valence-corrected chi connectivity index (χ1v) is 5.92. The average Bonchev–Trinajstić information content (AvgIpc) is 2.29. The second kappa shape index (κ2) is 4.28. The lowest BCUT2D eigenvalue weighted by Crippen LogP contribution is -2.48. The Morgan fingerprint density at radius 1 is 1.47 bits per heavy atom. The fraction of sp³-hybridized carbons (Fsp3) is 0.462. The molecule has 4 nitrogen and oxygen atoms in total. The van der Waals surface area contributed by atoms with Crippen molar-refractivity contribution in [1.82, 2.24) is 0 Å². The Balaban J connectivity index is 2.50. The summed E-state index contributed by atoms with van der Waals surface area (Å²) in [5, 5.41) is 0. The molecule has 1 aromatic rings. The summed E-state index contributed by atoms with van der Waals surface area (Å²) in [6, 6.07) is 5.49. The van der Waals surface area contributed by atoms with Crippen molar-refractivity contribution < 1.29 is 9.53 Å². The zero-order valence-electron chi connectivity index (χ0n) is 10.4. The van der Waals surface area contributed by atoms with Gasteiger partial charge in [0.1, 0.15) is 11.4 Å². The lowest BCUT2D eigenvalue weighted by atomic mass is 10.0. The molecule has 0 spiro atoms. The third-order valence-corrected chi connectivity index (χ3v) is 2.99. The highest BCUT2D eigenvalue weighted by Crippen LogP contribution is 2.39. The molecule has 0 fully saturated rings. The molecule has 1 unspecified atom stereocenters. The van der Waals surface area contributed by atoms with Crippen molar-refractivity contribution in [3.8, 4) is 5.75 Å². The molecule has 0 aromatic heterocycles. The molecule has 2 N–H and O–H groups in total. The third kappa shape index (κ3) is 1.84. The molecular formula is C13H18N2O2. The Kier molecular flexibility index (Phi) is 2.96. The van der Waals surface area contributed by atoms with Crippen molar-refractivity contribution in [2.24, 2.45) is 5.92 Å². The first-order valence-electron chi connectivity index (χ1n) is 5.92. The van der Waals surface area contributed by atoms with E-state index < -0.39 is 6.10 Å². The quantitative estimate of drug-likeness (QED) is 0.797. The number of anilines is 2. The van der Waals surface area contributed by atoms with E-state index >= 15 is 0 Å². The first-order chi connectivity index (χ1) is 8.06. The normalized spacial score (nSPS) is 19.2. The van der Waals surface area contributed by atoms with E-state index in [4.69, 9.17) is 10.5 Å². The van der Waals surface area contributed by atoms with Gasteiger partial charge in [0.15, 0.2) is 6.10 Å². The van der Waals surface area contributed by atoms with Crippen LogP contribution in [-0.4, -0.2) is 18.6 Å². The Morgan fingerprint density at radius 3 is 2.76 bits per heavy atom. The van der Waals surface area contributed by atoms with Crippen molar-refractivity contribution in [2.75, 3.05) is 17.2 Å². The van der Waals surface area contributed by atoms with Crippen LogP contribution in [0.15, 0.2) is 18.2 Å². The van der Waals surface area contributed by atoms with Crippen molar-refractivity contribution in [2.45, 2.75) is 26.9 Å². The molecule has 1 aliphatic rings. The van der Waals surface area contributed by atoms with Crippen LogP contribution in [0, 0.1) is 5.92 Å². The highest BCUT2D eigenvalue weighted by atomic mass is 16.5. The molecule has 1 aliphatic heterocycles. The molecular weight excluding hydrogens is 216 g/mol. The Labute approximate surface area is 101 Å². The molecule has 1 aromatic carbocycles. The largest absolute Gasteiger partial charge is 0.478 e. The Bertz CT molecular complexity index is 443. The summed E-state index contributed by atoms with van der Waals surface area (Å²) >= 11 is 0. The molecule has 0 aliphatic carbocycles. The number of nitrogens with two attached hydrogens (primary N) is 1. The van der Waals surface area contributed by atoms with Gasteiger partial charge in [-0.3, -0.25) is 4.79 Å². The fourth-order valence-corrected chi connectivity index (χ4v) is 2.11. The van der Waals surface area contributed by atoms with E-state index in [9.17, 15) is 4.79 Å². The number of hydrogen-bond donors (Lipinski definition) is 1. The first kappa shape index (κ1) is 11.8. The predicted molar refractivity (Wildman–Crippen MR) is 68.1 cm³/mol. The van der Waals surface area contributed by atoms with Crippen LogP contribution in [0.25, 0.3) is 0 Å². The van der Waals surface area contributed by atoms with Crippen LogP contribution in [0.2, 0.25) is 0 Å². The number of benzene rings is 1. The number of carbonyl (C=O) groups is 1. The number of fused-ring (bicyclic) bond motifs is 1. The van der Waals surface area contributed by atoms with Gasteiger partial charge < -0.3 is 15.4 Å². The second-order valence-electron chi connectivity index (χ2n) is 4.56. The van der Waals surface area contributed by atoms with Gasteiger partial charge in [-0.1, -0.05) is 19.9 Å². The minimum Gasteiger partial charge on any atom is -0.478 e. The Morgan fingerprint density at radius 2 is 2.18 bits per heavy atom. The maximum atomic E-state index is 12.3. The molecule has 0 saturated heterocycles. The minimum absolute atomic E-state index is 0.00657. The summed E-state index contributed by atoms with van der Waals surface area (Å²) in [4.78, 5) is 14.0. The number of nitrogen functional groups attached to an aromatic ring is 1. The van der Waals surface area contributed by atoms with E-state index in [1.165, 1.54) is 0 Å².